The number of amides is 2. The van der Waals surface area contributed by atoms with Gasteiger partial charge in [-0.15, -0.1) is 0 Å². The van der Waals surface area contributed by atoms with Gasteiger partial charge in [-0.05, 0) is 57.0 Å². The minimum atomic E-state index is -3.62. The van der Waals surface area contributed by atoms with Crippen LogP contribution in [0, 0.1) is 0 Å². The second-order valence-electron chi connectivity index (χ2n) is 8.23. The molecule has 0 aliphatic heterocycles. The van der Waals surface area contributed by atoms with Crippen molar-refractivity contribution in [2.75, 3.05) is 13.6 Å². The SMILES string of the molecule is CC(C)NC(=O)[C@H](C)N(Cc1ccc(Cl)cc1)C(=O)CCCN(C)S(=O)(=O)c1ccccc1. The summed E-state index contributed by atoms with van der Waals surface area (Å²) in [6.45, 7) is 5.85. The lowest BCUT2D eigenvalue weighted by atomic mass is 10.1. The molecule has 0 spiro atoms. The summed E-state index contributed by atoms with van der Waals surface area (Å²) < 4.78 is 26.6. The summed E-state index contributed by atoms with van der Waals surface area (Å²) in [5.74, 6) is -0.460. The summed E-state index contributed by atoms with van der Waals surface area (Å²) in [5, 5.41) is 3.43. The van der Waals surface area contributed by atoms with Crippen molar-refractivity contribution in [1.82, 2.24) is 14.5 Å². The average Bonchev–Trinajstić information content (AvgIpc) is 2.78. The maximum Gasteiger partial charge on any atom is 0.242 e. The Hall–Kier alpha value is -2.42. The van der Waals surface area contributed by atoms with Crippen molar-refractivity contribution >= 4 is 33.4 Å². The zero-order valence-corrected chi connectivity index (χ0v) is 21.1. The van der Waals surface area contributed by atoms with Gasteiger partial charge in [0.25, 0.3) is 0 Å². The molecular weight excluding hydrogens is 462 g/mol. The van der Waals surface area contributed by atoms with E-state index in [-0.39, 0.29) is 42.3 Å². The van der Waals surface area contributed by atoms with E-state index in [1.807, 2.05) is 26.0 Å². The molecule has 0 aliphatic rings. The fourth-order valence-electron chi connectivity index (χ4n) is 3.26. The van der Waals surface area contributed by atoms with E-state index in [9.17, 15) is 18.0 Å². The van der Waals surface area contributed by atoms with E-state index in [4.69, 9.17) is 11.6 Å². The molecule has 33 heavy (non-hydrogen) atoms. The number of halogens is 1. The molecule has 2 rings (SSSR count). The molecule has 0 aliphatic carbocycles. The van der Waals surface area contributed by atoms with E-state index >= 15 is 0 Å². The van der Waals surface area contributed by atoms with Crippen LogP contribution in [0.2, 0.25) is 5.02 Å². The molecule has 2 aromatic rings. The first kappa shape index (κ1) is 26.8. The van der Waals surface area contributed by atoms with E-state index in [2.05, 4.69) is 5.32 Å². The summed E-state index contributed by atoms with van der Waals surface area (Å²) >= 11 is 5.96. The monoisotopic (exact) mass is 493 g/mol. The number of hydrogen-bond donors (Lipinski definition) is 1. The van der Waals surface area contributed by atoms with Crippen molar-refractivity contribution in [1.29, 1.82) is 0 Å². The third-order valence-corrected chi connectivity index (χ3v) is 7.30. The zero-order chi connectivity index (χ0) is 24.6. The minimum absolute atomic E-state index is 0.0516. The Kier molecular flexibility index (Phi) is 9.88. The molecule has 180 valence electrons. The van der Waals surface area contributed by atoms with E-state index in [0.717, 1.165) is 5.56 Å². The summed E-state index contributed by atoms with van der Waals surface area (Å²) in [6, 6.07) is 14.6. The lowest BCUT2D eigenvalue weighted by Crippen LogP contribution is -2.49. The van der Waals surface area contributed by atoms with Gasteiger partial charge in [-0.3, -0.25) is 9.59 Å². The van der Waals surface area contributed by atoms with Gasteiger partial charge in [0.2, 0.25) is 21.8 Å². The molecule has 7 nitrogen and oxygen atoms in total. The molecule has 1 atom stereocenters. The van der Waals surface area contributed by atoms with Crippen LogP contribution in [0.25, 0.3) is 0 Å². The van der Waals surface area contributed by atoms with E-state index < -0.39 is 16.1 Å². The fourth-order valence-corrected chi connectivity index (χ4v) is 4.62. The normalized spacial score (nSPS) is 12.6. The average molecular weight is 494 g/mol. The highest BCUT2D eigenvalue weighted by Gasteiger charge is 2.27. The maximum atomic E-state index is 13.1. The molecular formula is C24H32ClN3O4S. The summed E-state index contributed by atoms with van der Waals surface area (Å²) in [6.07, 6.45) is 0.443. The van der Waals surface area contributed by atoms with E-state index in [1.165, 1.54) is 16.3 Å². The standard InChI is InChI=1S/C24H32ClN3O4S/c1-18(2)26-24(30)19(3)28(17-20-12-14-21(25)15-13-20)23(29)11-8-16-27(4)33(31,32)22-9-6-5-7-10-22/h5-7,9-10,12-15,18-19H,8,11,16-17H2,1-4H3,(H,26,30)/t19-/m0/s1. The number of nitrogens with zero attached hydrogens (tertiary/aromatic N) is 2. The van der Waals surface area contributed by atoms with Crippen LogP contribution in [0.3, 0.4) is 0 Å². The van der Waals surface area contributed by atoms with Gasteiger partial charge in [-0.25, -0.2) is 12.7 Å². The second-order valence-corrected chi connectivity index (χ2v) is 10.7. The third kappa shape index (κ3) is 7.84. The lowest BCUT2D eigenvalue weighted by Gasteiger charge is -2.29. The highest BCUT2D eigenvalue weighted by Crippen LogP contribution is 2.17. The molecule has 0 saturated heterocycles. The molecule has 0 radical (unpaired) electrons. The predicted molar refractivity (Wildman–Crippen MR) is 130 cm³/mol. The zero-order valence-electron chi connectivity index (χ0n) is 19.5. The first-order chi connectivity index (χ1) is 15.5. The number of hydrogen-bond acceptors (Lipinski definition) is 4. The van der Waals surface area contributed by atoms with Gasteiger partial charge in [-0.2, -0.15) is 0 Å². The van der Waals surface area contributed by atoms with Gasteiger partial charge in [0, 0.05) is 37.6 Å². The number of sulfonamides is 1. The van der Waals surface area contributed by atoms with Gasteiger partial charge in [0.15, 0.2) is 0 Å². The quantitative estimate of drug-likeness (QED) is 0.517. The van der Waals surface area contributed by atoms with E-state index in [1.54, 1.807) is 49.4 Å². The van der Waals surface area contributed by atoms with Gasteiger partial charge in [0.05, 0.1) is 4.90 Å². The fraction of sp³-hybridized carbons (Fsp3) is 0.417. The Labute approximate surface area is 201 Å². The predicted octanol–water partition coefficient (Wildman–Crippen LogP) is 3.68. The summed E-state index contributed by atoms with van der Waals surface area (Å²) in [5.41, 5.74) is 0.848. The lowest BCUT2D eigenvalue weighted by molar-refractivity contribution is -0.140. The molecule has 2 amide bonds. The largest absolute Gasteiger partial charge is 0.352 e. The number of nitrogens with one attached hydrogen (secondary N) is 1. The highest BCUT2D eigenvalue weighted by molar-refractivity contribution is 7.89. The first-order valence-electron chi connectivity index (χ1n) is 10.9. The number of carbonyl (C=O) groups is 2. The second kappa shape index (κ2) is 12.2. The molecule has 0 heterocycles. The van der Waals surface area contributed by atoms with Gasteiger partial charge < -0.3 is 10.2 Å². The Morgan fingerprint density at radius 1 is 1.00 bits per heavy atom. The van der Waals surface area contributed by atoms with Crippen LogP contribution in [0.1, 0.15) is 39.2 Å². The van der Waals surface area contributed by atoms with Crippen LogP contribution < -0.4 is 5.32 Å². The summed E-state index contributed by atoms with van der Waals surface area (Å²) in [4.78, 5) is 27.4. The van der Waals surface area contributed by atoms with E-state index in [0.29, 0.717) is 11.4 Å². The van der Waals surface area contributed by atoms with Crippen LogP contribution in [0.4, 0.5) is 0 Å². The molecule has 1 N–H and O–H groups in total. The molecule has 0 fully saturated rings. The van der Waals surface area contributed by atoms with Crippen molar-refractivity contribution in [3.8, 4) is 0 Å². The minimum Gasteiger partial charge on any atom is -0.352 e. The molecule has 0 unspecified atom stereocenters. The molecule has 9 heteroatoms. The van der Waals surface area contributed by atoms with Crippen molar-refractivity contribution in [3.63, 3.8) is 0 Å². The van der Waals surface area contributed by atoms with Crippen LogP contribution in [-0.2, 0) is 26.2 Å². The summed E-state index contributed by atoms with van der Waals surface area (Å²) in [7, 11) is -2.12. The van der Waals surface area contributed by atoms with Crippen molar-refractivity contribution in [3.05, 3.63) is 65.2 Å². The van der Waals surface area contributed by atoms with Crippen molar-refractivity contribution in [2.45, 2.75) is 57.1 Å². The third-order valence-electron chi connectivity index (χ3n) is 5.18. The smallest absolute Gasteiger partial charge is 0.242 e. The Bertz CT molecular complexity index is 1030. The number of benzene rings is 2. The maximum absolute atomic E-state index is 13.1. The van der Waals surface area contributed by atoms with Gasteiger partial charge >= 0.3 is 0 Å². The topological polar surface area (TPSA) is 86.8 Å². The Balaban J connectivity index is 2.07. The molecule has 0 bridgehead atoms. The van der Waals surface area contributed by atoms with Gasteiger partial charge in [0.1, 0.15) is 6.04 Å². The van der Waals surface area contributed by atoms with Crippen LogP contribution >= 0.6 is 11.6 Å². The molecule has 0 saturated carbocycles. The van der Waals surface area contributed by atoms with Gasteiger partial charge in [-0.1, -0.05) is 41.9 Å². The number of carbonyl (C=O) groups excluding carboxylic acids is 2. The molecule has 0 aromatic heterocycles. The van der Waals surface area contributed by atoms with Crippen molar-refractivity contribution < 1.29 is 18.0 Å². The first-order valence-corrected chi connectivity index (χ1v) is 12.7. The Morgan fingerprint density at radius 3 is 2.18 bits per heavy atom. The molecule has 2 aromatic carbocycles. The van der Waals surface area contributed by atoms with Crippen LogP contribution in [0.15, 0.2) is 59.5 Å². The highest BCUT2D eigenvalue weighted by atomic mass is 35.5. The van der Waals surface area contributed by atoms with Crippen molar-refractivity contribution in [2.24, 2.45) is 0 Å². The Morgan fingerprint density at radius 2 is 1.61 bits per heavy atom. The number of rotatable bonds is 11. The van der Waals surface area contributed by atoms with Crippen LogP contribution in [-0.4, -0.2) is 55.1 Å². The van der Waals surface area contributed by atoms with Crippen LogP contribution in [0.5, 0.6) is 0 Å².